The maximum atomic E-state index is 5.88. The summed E-state index contributed by atoms with van der Waals surface area (Å²) in [5.74, 6) is 1.53. The van der Waals surface area contributed by atoms with E-state index < -0.39 is 0 Å². The second kappa shape index (κ2) is 4.02. The molecule has 0 aromatic carbocycles. The number of anilines is 1. The Bertz CT molecular complexity index is 674. The molecule has 0 atom stereocenters. The molecule has 3 aromatic rings. The van der Waals surface area contributed by atoms with Crippen LogP contribution in [0.15, 0.2) is 29.1 Å². The van der Waals surface area contributed by atoms with E-state index in [1.165, 1.54) is 13.4 Å². The van der Waals surface area contributed by atoms with Crippen molar-refractivity contribution in [2.24, 2.45) is 0 Å². The second-order valence-corrected chi connectivity index (χ2v) is 3.69. The summed E-state index contributed by atoms with van der Waals surface area (Å²) in [4.78, 5) is 12.4. The summed E-state index contributed by atoms with van der Waals surface area (Å²) < 4.78 is 12.2. The summed E-state index contributed by atoms with van der Waals surface area (Å²) in [6, 6.07) is 3.68. The predicted molar refractivity (Wildman–Crippen MR) is 64.1 cm³/mol. The molecule has 3 heterocycles. The van der Waals surface area contributed by atoms with Crippen molar-refractivity contribution in [1.82, 2.24) is 19.5 Å². The molecule has 0 radical (unpaired) electrons. The van der Waals surface area contributed by atoms with Gasteiger partial charge in [-0.05, 0) is 12.1 Å². The fourth-order valence-electron chi connectivity index (χ4n) is 1.80. The third-order valence-corrected chi connectivity index (χ3v) is 2.62. The molecule has 0 aliphatic carbocycles. The third kappa shape index (κ3) is 1.56. The fraction of sp³-hybridized carbons (Fsp3) is 0.182. The molecule has 0 spiro atoms. The van der Waals surface area contributed by atoms with Gasteiger partial charge in [-0.15, -0.1) is 0 Å². The molecular weight excluding hydrogens is 234 g/mol. The van der Waals surface area contributed by atoms with Crippen LogP contribution in [0.25, 0.3) is 11.2 Å². The third-order valence-electron chi connectivity index (χ3n) is 2.62. The first-order valence-corrected chi connectivity index (χ1v) is 5.32. The van der Waals surface area contributed by atoms with Gasteiger partial charge in [-0.3, -0.25) is 4.57 Å². The predicted octanol–water partition coefficient (Wildman–Crippen LogP) is 1.06. The van der Waals surface area contributed by atoms with E-state index in [0.717, 1.165) is 5.76 Å². The van der Waals surface area contributed by atoms with E-state index >= 15 is 0 Å². The van der Waals surface area contributed by atoms with Gasteiger partial charge in [0.25, 0.3) is 0 Å². The van der Waals surface area contributed by atoms with E-state index in [1.807, 2.05) is 12.1 Å². The summed E-state index contributed by atoms with van der Waals surface area (Å²) in [5.41, 5.74) is 7.05. The molecule has 2 N–H and O–H groups in total. The summed E-state index contributed by atoms with van der Waals surface area (Å²) in [6.45, 7) is 0.468. The molecule has 0 aliphatic rings. The van der Waals surface area contributed by atoms with Gasteiger partial charge < -0.3 is 14.9 Å². The zero-order valence-corrected chi connectivity index (χ0v) is 9.70. The van der Waals surface area contributed by atoms with Crippen molar-refractivity contribution in [2.75, 3.05) is 12.8 Å². The molecule has 7 heteroatoms. The number of aromatic nitrogens is 4. The number of hydrogen-bond donors (Lipinski definition) is 1. The van der Waals surface area contributed by atoms with E-state index in [9.17, 15) is 0 Å². The quantitative estimate of drug-likeness (QED) is 0.741. The highest BCUT2D eigenvalue weighted by Crippen LogP contribution is 2.23. The highest BCUT2D eigenvalue weighted by molar-refractivity contribution is 5.78. The van der Waals surface area contributed by atoms with Gasteiger partial charge in [0.05, 0.1) is 19.9 Å². The molecule has 3 rings (SSSR count). The van der Waals surface area contributed by atoms with E-state index in [0.29, 0.717) is 29.5 Å². The summed E-state index contributed by atoms with van der Waals surface area (Å²) in [6.07, 6.45) is 3.03. The Kier molecular flexibility index (Phi) is 2.36. The smallest absolute Gasteiger partial charge is 0.245 e. The SMILES string of the molecule is COc1ncnc2c1nc(N)n2Cc1ccco1. The van der Waals surface area contributed by atoms with Crippen LogP contribution in [0.4, 0.5) is 5.95 Å². The molecule has 92 valence electrons. The van der Waals surface area contributed by atoms with Crippen molar-refractivity contribution >= 4 is 17.1 Å². The lowest BCUT2D eigenvalue weighted by Gasteiger charge is -2.03. The molecule has 0 amide bonds. The van der Waals surface area contributed by atoms with Crippen LogP contribution in [0.5, 0.6) is 5.88 Å². The minimum absolute atomic E-state index is 0.347. The molecule has 3 aromatic heterocycles. The molecule has 0 unspecified atom stereocenters. The van der Waals surface area contributed by atoms with Crippen LogP contribution in [0.3, 0.4) is 0 Å². The number of nitrogens with zero attached hydrogens (tertiary/aromatic N) is 4. The Balaban J connectivity index is 2.14. The standard InChI is InChI=1S/C11H11N5O2/c1-17-10-8-9(13-6-14-10)16(11(12)15-8)5-7-3-2-4-18-7/h2-4,6H,5H2,1H3,(H2,12,15). The van der Waals surface area contributed by atoms with Crippen molar-refractivity contribution in [1.29, 1.82) is 0 Å². The van der Waals surface area contributed by atoms with Gasteiger partial charge >= 0.3 is 0 Å². The second-order valence-electron chi connectivity index (χ2n) is 3.69. The number of methoxy groups -OCH3 is 1. The highest BCUT2D eigenvalue weighted by Gasteiger charge is 2.15. The van der Waals surface area contributed by atoms with Crippen LogP contribution in [0, 0.1) is 0 Å². The van der Waals surface area contributed by atoms with Gasteiger partial charge in [-0.2, -0.15) is 4.98 Å². The van der Waals surface area contributed by atoms with E-state index in [2.05, 4.69) is 15.0 Å². The van der Waals surface area contributed by atoms with Crippen LogP contribution in [0.2, 0.25) is 0 Å². The Morgan fingerprint density at radius 1 is 1.44 bits per heavy atom. The van der Waals surface area contributed by atoms with Gasteiger partial charge in [-0.1, -0.05) is 0 Å². The minimum atomic E-state index is 0.347. The average Bonchev–Trinajstić information content (AvgIpc) is 2.99. The van der Waals surface area contributed by atoms with Crippen molar-refractivity contribution in [3.05, 3.63) is 30.5 Å². The van der Waals surface area contributed by atoms with Crippen LogP contribution < -0.4 is 10.5 Å². The number of nitrogen functional groups attached to an aromatic ring is 1. The number of nitrogens with two attached hydrogens (primary N) is 1. The molecule has 7 nitrogen and oxygen atoms in total. The first-order valence-electron chi connectivity index (χ1n) is 5.32. The van der Waals surface area contributed by atoms with Gasteiger partial charge in [0.2, 0.25) is 11.8 Å². The lowest BCUT2D eigenvalue weighted by atomic mass is 10.4. The first-order chi connectivity index (χ1) is 8.79. The minimum Gasteiger partial charge on any atom is -0.479 e. The van der Waals surface area contributed by atoms with Crippen molar-refractivity contribution in [3.8, 4) is 5.88 Å². The molecule has 0 bridgehead atoms. The average molecular weight is 245 g/mol. The topological polar surface area (TPSA) is 92.0 Å². The van der Waals surface area contributed by atoms with Gasteiger partial charge in [0, 0.05) is 0 Å². The molecule has 0 fully saturated rings. The van der Waals surface area contributed by atoms with Crippen molar-refractivity contribution in [3.63, 3.8) is 0 Å². The summed E-state index contributed by atoms with van der Waals surface area (Å²) in [7, 11) is 1.53. The lowest BCUT2D eigenvalue weighted by Crippen LogP contribution is -2.04. The first kappa shape index (κ1) is 10.6. The number of fused-ring (bicyclic) bond motifs is 1. The molecule has 18 heavy (non-hydrogen) atoms. The fourth-order valence-corrected chi connectivity index (χ4v) is 1.80. The number of hydrogen-bond acceptors (Lipinski definition) is 6. The molecule has 0 aliphatic heterocycles. The normalized spacial score (nSPS) is 10.9. The summed E-state index contributed by atoms with van der Waals surface area (Å²) in [5, 5.41) is 0. The molecule has 0 saturated heterocycles. The van der Waals surface area contributed by atoms with Crippen molar-refractivity contribution < 1.29 is 9.15 Å². The van der Waals surface area contributed by atoms with Crippen LogP contribution >= 0.6 is 0 Å². The van der Waals surface area contributed by atoms with Gasteiger partial charge in [0.15, 0.2) is 11.2 Å². The maximum Gasteiger partial charge on any atom is 0.245 e. The zero-order chi connectivity index (χ0) is 12.5. The molecule has 0 saturated carbocycles. The maximum absolute atomic E-state index is 5.88. The van der Waals surface area contributed by atoms with Crippen LogP contribution in [0.1, 0.15) is 5.76 Å². The number of furan rings is 1. The van der Waals surface area contributed by atoms with Gasteiger partial charge in [-0.25, -0.2) is 9.97 Å². The summed E-state index contributed by atoms with van der Waals surface area (Å²) >= 11 is 0. The van der Waals surface area contributed by atoms with Crippen LogP contribution in [-0.4, -0.2) is 26.6 Å². The largest absolute Gasteiger partial charge is 0.479 e. The van der Waals surface area contributed by atoms with Crippen molar-refractivity contribution in [2.45, 2.75) is 6.54 Å². The Labute approximate surface area is 102 Å². The number of ether oxygens (including phenoxy) is 1. The van der Waals surface area contributed by atoms with Crippen LogP contribution in [-0.2, 0) is 6.54 Å². The Morgan fingerprint density at radius 3 is 3.06 bits per heavy atom. The molecular formula is C11H11N5O2. The Morgan fingerprint density at radius 2 is 2.33 bits per heavy atom. The van der Waals surface area contributed by atoms with Gasteiger partial charge in [0.1, 0.15) is 12.1 Å². The Hall–Kier alpha value is -2.57. The monoisotopic (exact) mass is 245 g/mol. The van der Waals surface area contributed by atoms with E-state index in [1.54, 1.807) is 10.8 Å². The highest BCUT2D eigenvalue weighted by atomic mass is 16.5. The zero-order valence-electron chi connectivity index (χ0n) is 9.70. The lowest BCUT2D eigenvalue weighted by molar-refractivity contribution is 0.401. The van der Waals surface area contributed by atoms with E-state index in [4.69, 9.17) is 14.9 Å². The number of imidazole rings is 1. The van der Waals surface area contributed by atoms with E-state index in [-0.39, 0.29) is 0 Å². The number of rotatable bonds is 3.